The van der Waals surface area contributed by atoms with Gasteiger partial charge < -0.3 is 10.8 Å². The maximum atomic E-state index is 13.0. The SMILES string of the molecule is Cc1ccc(O)cc1S(=O)(=O)NC(c1ccccc1)C(N)c1ccccc1. The molecule has 6 heteroatoms. The van der Waals surface area contributed by atoms with Crippen LogP contribution in [0, 0.1) is 6.92 Å². The Balaban J connectivity index is 2.02. The number of nitrogens with two attached hydrogens (primary N) is 1. The van der Waals surface area contributed by atoms with Gasteiger partial charge in [-0.3, -0.25) is 0 Å². The highest BCUT2D eigenvalue weighted by Crippen LogP contribution is 2.30. The second-order valence-corrected chi connectivity index (χ2v) is 8.08. The summed E-state index contributed by atoms with van der Waals surface area (Å²) < 4.78 is 28.8. The molecule has 27 heavy (non-hydrogen) atoms. The summed E-state index contributed by atoms with van der Waals surface area (Å²) in [4.78, 5) is 0.0312. The van der Waals surface area contributed by atoms with Crippen LogP contribution in [0.4, 0.5) is 0 Å². The van der Waals surface area contributed by atoms with Gasteiger partial charge in [0, 0.05) is 6.07 Å². The molecule has 0 bridgehead atoms. The van der Waals surface area contributed by atoms with E-state index in [-0.39, 0.29) is 10.6 Å². The monoisotopic (exact) mass is 382 g/mol. The van der Waals surface area contributed by atoms with Crippen molar-refractivity contribution in [2.24, 2.45) is 5.73 Å². The minimum absolute atomic E-state index is 0.0312. The van der Waals surface area contributed by atoms with Gasteiger partial charge in [0.25, 0.3) is 0 Å². The lowest BCUT2D eigenvalue weighted by Crippen LogP contribution is -2.36. The van der Waals surface area contributed by atoms with Crippen LogP contribution in [0.15, 0.2) is 83.8 Å². The number of sulfonamides is 1. The molecule has 3 aromatic carbocycles. The first-order valence-electron chi connectivity index (χ1n) is 8.56. The smallest absolute Gasteiger partial charge is 0.241 e. The lowest BCUT2D eigenvalue weighted by Gasteiger charge is -2.26. The molecule has 0 fully saturated rings. The molecule has 0 saturated heterocycles. The van der Waals surface area contributed by atoms with Crippen molar-refractivity contribution in [2.75, 3.05) is 0 Å². The van der Waals surface area contributed by atoms with Crippen LogP contribution >= 0.6 is 0 Å². The zero-order valence-corrected chi connectivity index (χ0v) is 15.7. The van der Waals surface area contributed by atoms with E-state index in [9.17, 15) is 13.5 Å². The van der Waals surface area contributed by atoms with Crippen LogP contribution < -0.4 is 10.5 Å². The number of rotatable bonds is 6. The summed E-state index contributed by atoms with van der Waals surface area (Å²) in [5, 5.41) is 9.72. The van der Waals surface area contributed by atoms with Gasteiger partial charge in [-0.25, -0.2) is 13.1 Å². The van der Waals surface area contributed by atoms with Crippen molar-refractivity contribution in [1.82, 2.24) is 4.72 Å². The van der Waals surface area contributed by atoms with Gasteiger partial charge in [0.05, 0.1) is 17.0 Å². The summed E-state index contributed by atoms with van der Waals surface area (Å²) in [5.74, 6) is -0.107. The third-order valence-corrected chi connectivity index (χ3v) is 6.03. The third-order valence-electron chi connectivity index (χ3n) is 4.45. The molecule has 0 spiro atoms. The normalized spacial score (nSPS) is 13.9. The fourth-order valence-electron chi connectivity index (χ4n) is 2.99. The van der Waals surface area contributed by atoms with E-state index in [1.807, 2.05) is 60.7 Å². The van der Waals surface area contributed by atoms with Gasteiger partial charge in [-0.05, 0) is 29.7 Å². The van der Waals surface area contributed by atoms with Gasteiger partial charge in [0.15, 0.2) is 0 Å². The number of phenols is 1. The first kappa shape index (κ1) is 19.1. The summed E-state index contributed by atoms with van der Waals surface area (Å²) in [7, 11) is -3.90. The summed E-state index contributed by atoms with van der Waals surface area (Å²) in [5.41, 5.74) is 8.57. The number of nitrogens with one attached hydrogen (secondary N) is 1. The lowest BCUT2D eigenvalue weighted by atomic mass is 9.95. The molecule has 2 atom stereocenters. The Kier molecular flexibility index (Phi) is 5.60. The maximum Gasteiger partial charge on any atom is 0.241 e. The van der Waals surface area contributed by atoms with Crippen molar-refractivity contribution >= 4 is 10.0 Å². The predicted octanol–water partition coefficient (Wildman–Crippen LogP) is 3.42. The molecule has 4 N–H and O–H groups in total. The largest absolute Gasteiger partial charge is 0.508 e. The number of aryl methyl sites for hydroxylation is 1. The summed E-state index contributed by atoms with van der Waals surface area (Å²) in [6.45, 7) is 1.68. The molecule has 0 saturated carbocycles. The van der Waals surface area contributed by atoms with Crippen LogP contribution in [0.3, 0.4) is 0 Å². The van der Waals surface area contributed by atoms with Crippen molar-refractivity contribution < 1.29 is 13.5 Å². The molecule has 3 aromatic rings. The van der Waals surface area contributed by atoms with Crippen LogP contribution in [-0.4, -0.2) is 13.5 Å². The highest BCUT2D eigenvalue weighted by Gasteiger charge is 2.28. The first-order chi connectivity index (χ1) is 12.9. The Hall–Kier alpha value is -2.67. The quantitative estimate of drug-likeness (QED) is 0.609. The Morgan fingerprint density at radius 1 is 0.889 bits per heavy atom. The van der Waals surface area contributed by atoms with Gasteiger partial charge in [-0.1, -0.05) is 66.7 Å². The molecule has 0 aliphatic heterocycles. The second kappa shape index (κ2) is 7.92. The highest BCUT2D eigenvalue weighted by atomic mass is 32.2. The molecule has 140 valence electrons. The number of aromatic hydroxyl groups is 1. The highest BCUT2D eigenvalue weighted by molar-refractivity contribution is 7.89. The van der Waals surface area contributed by atoms with Crippen molar-refractivity contribution in [3.63, 3.8) is 0 Å². The molecule has 3 rings (SSSR count). The fourth-order valence-corrected chi connectivity index (χ4v) is 4.50. The molecule has 0 aliphatic carbocycles. The van der Waals surface area contributed by atoms with Crippen LogP contribution in [0.2, 0.25) is 0 Å². The predicted molar refractivity (Wildman–Crippen MR) is 106 cm³/mol. The molecular weight excluding hydrogens is 360 g/mol. The Labute approximate surface area is 159 Å². The van der Waals surface area contributed by atoms with Gasteiger partial charge in [0.1, 0.15) is 5.75 Å². The molecule has 2 unspecified atom stereocenters. The molecule has 0 radical (unpaired) electrons. The van der Waals surface area contributed by atoms with E-state index in [0.29, 0.717) is 5.56 Å². The number of benzene rings is 3. The molecule has 0 amide bonds. The van der Waals surface area contributed by atoms with E-state index in [1.54, 1.807) is 13.0 Å². The zero-order chi connectivity index (χ0) is 19.4. The van der Waals surface area contributed by atoms with Crippen molar-refractivity contribution in [1.29, 1.82) is 0 Å². The van der Waals surface area contributed by atoms with Gasteiger partial charge in [-0.2, -0.15) is 0 Å². The molecule has 0 aromatic heterocycles. The Morgan fingerprint density at radius 2 is 1.44 bits per heavy atom. The van der Waals surface area contributed by atoms with E-state index in [2.05, 4.69) is 4.72 Å². The Bertz CT molecular complexity index is 1010. The van der Waals surface area contributed by atoms with E-state index in [4.69, 9.17) is 5.73 Å². The molecule has 0 aliphatic rings. The van der Waals surface area contributed by atoms with E-state index in [0.717, 1.165) is 11.1 Å². The standard InChI is InChI=1S/C21H22N2O3S/c1-15-12-13-18(24)14-19(15)27(25,26)23-21(17-10-6-3-7-11-17)20(22)16-8-4-2-5-9-16/h2-14,20-21,23-24H,22H2,1H3. The van der Waals surface area contributed by atoms with E-state index < -0.39 is 22.1 Å². The van der Waals surface area contributed by atoms with Crippen LogP contribution in [0.1, 0.15) is 28.8 Å². The third kappa shape index (κ3) is 4.36. The maximum absolute atomic E-state index is 13.0. The van der Waals surface area contributed by atoms with Crippen molar-refractivity contribution in [2.45, 2.75) is 23.9 Å². The average Bonchev–Trinajstić information content (AvgIpc) is 2.69. The zero-order valence-electron chi connectivity index (χ0n) is 14.9. The van der Waals surface area contributed by atoms with Crippen molar-refractivity contribution in [3.05, 3.63) is 95.6 Å². The summed E-state index contributed by atoms with van der Waals surface area (Å²) in [6, 6.07) is 21.6. The average molecular weight is 382 g/mol. The van der Waals surface area contributed by atoms with Gasteiger partial charge in [0.2, 0.25) is 10.0 Å². The Morgan fingerprint density at radius 3 is 2.04 bits per heavy atom. The topological polar surface area (TPSA) is 92.4 Å². The van der Waals surface area contributed by atoms with Crippen molar-refractivity contribution in [3.8, 4) is 5.75 Å². The van der Waals surface area contributed by atoms with Gasteiger partial charge in [-0.15, -0.1) is 0 Å². The van der Waals surface area contributed by atoms with Crippen LogP contribution in [0.25, 0.3) is 0 Å². The number of phenolic OH excluding ortho intramolecular Hbond substituents is 1. The first-order valence-corrected chi connectivity index (χ1v) is 10.0. The van der Waals surface area contributed by atoms with Gasteiger partial charge >= 0.3 is 0 Å². The van der Waals surface area contributed by atoms with E-state index >= 15 is 0 Å². The molecular formula is C21H22N2O3S. The second-order valence-electron chi connectivity index (χ2n) is 6.40. The molecule has 0 heterocycles. The number of hydrogen-bond donors (Lipinski definition) is 3. The summed E-state index contributed by atoms with van der Waals surface area (Å²) in [6.07, 6.45) is 0. The minimum atomic E-state index is -3.90. The number of hydrogen-bond acceptors (Lipinski definition) is 4. The minimum Gasteiger partial charge on any atom is -0.508 e. The molecule has 5 nitrogen and oxygen atoms in total. The van der Waals surface area contributed by atoms with Crippen LogP contribution in [0.5, 0.6) is 5.75 Å². The summed E-state index contributed by atoms with van der Waals surface area (Å²) >= 11 is 0. The van der Waals surface area contributed by atoms with E-state index in [1.165, 1.54) is 12.1 Å². The fraction of sp³-hybridized carbons (Fsp3) is 0.143. The van der Waals surface area contributed by atoms with Crippen LogP contribution in [-0.2, 0) is 10.0 Å². The lowest BCUT2D eigenvalue weighted by molar-refractivity contribution is 0.471.